The van der Waals surface area contributed by atoms with Gasteiger partial charge in [-0.3, -0.25) is 9.44 Å². The SMILES string of the molecule is CCOC(=O)c1nc(NS(=O)(=O)c2ccccc2)c(-c2ccccc2)o1.COC(=O)c1nc(NS(=O)(=O)c2ccccc2)c(-c2ccccc2)o1. The minimum atomic E-state index is -3.89. The number of carbonyl (C=O) groups is 2. The van der Waals surface area contributed by atoms with Gasteiger partial charge in [-0.15, -0.1) is 0 Å². The smallest absolute Gasteiger partial charge is 0.394 e. The van der Waals surface area contributed by atoms with E-state index in [-0.39, 0.29) is 51.3 Å². The zero-order valence-electron chi connectivity index (χ0n) is 27.0. The van der Waals surface area contributed by atoms with Crippen LogP contribution in [-0.4, -0.2) is 52.5 Å². The zero-order valence-corrected chi connectivity index (χ0v) is 28.7. The van der Waals surface area contributed by atoms with E-state index in [0.29, 0.717) is 11.1 Å². The number of hydrogen-bond acceptors (Lipinski definition) is 12. The highest BCUT2D eigenvalue weighted by Gasteiger charge is 2.26. The number of anilines is 2. The maximum Gasteiger partial charge on any atom is 0.394 e. The standard InChI is InChI=1S/C18H16N2O5S.C17H14N2O5S/c1-2-24-18(21)17-19-16(15(25-17)13-9-5-3-6-10-13)20-26(22,23)14-11-7-4-8-12-14;1-23-17(20)16-18-15(14(24-16)12-8-4-2-5-9-12)19-25(21,22)13-10-6-3-7-11-13/h3-12,20H,2H2,1H3;2-11,19H,1H3. The van der Waals surface area contributed by atoms with Crippen LogP contribution in [0.1, 0.15) is 28.3 Å². The van der Waals surface area contributed by atoms with Crippen LogP contribution in [0.4, 0.5) is 11.6 Å². The summed E-state index contributed by atoms with van der Waals surface area (Å²) in [6, 6.07) is 33.2. The summed E-state index contributed by atoms with van der Waals surface area (Å²) >= 11 is 0. The molecule has 0 bridgehead atoms. The number of nitrogens with zero attached hydrogens (tertiary/aromatic N) is 2. The van der Waals surface area contributed by atoms with Gasteiger partial charge in [0, 0.05) is 11.1 Å². The van der Waals surface area contributed by atoms with Crippen molar-refractivity contribution in [1.29, 1.82) is 0 Å². The van der Waals surface area contributed by atoms with Gasteiger partial charge in [0.25, 0.3) is 20.0 Å². The molecule has 0 unspecified atom stereocenters. The summed E-state index contributed by atoms with van der Waals surface area (Å²) in [4.78, 5) is 31.7. The van der Waals surface area contributed by atoms with Gasteiger partial charge in [-0.2, -0.15) is 9.97 Å². The largest absolute Gasteiger partial charge is 0.462 e. The zero-order chi connectivity index (χ0) is 36.4. The third kappa shape index (κ3) is 8.86. The first-order chi connectivity index (χ1) is 24.5. The van der Waals surface area contributed by atoms with E-state index >= 15 is 0 Å². The number of nitrogens with one attached hydrogen (secondary N) is 2. The molecule has 0 aliphatic rings. The first kappa shape index (κ1) is 36.0. The minimum Gasteiger partial charge on any atom is -0.462 e. The van der Waals surface area contributed by atoms with Crippen LogP contribution in [0.5, 0.6) is 0 Å². The first-order valence-corrected chi connectivity index (χ1v) is 18.0. The van der Waals surface area contributed by atoms with Crippen molar-refractivity contribution in [3.63, 3.8) is 0 Å². The molecule has 0 aliphatic carbocycles. The molecule has 0 spiro atoms. The lowest BCUT2D eigenvalue weighted by Gasteiger charge is -2.06. The number of carbonyl (C=O) groups excluding carboxylic acids is 2. The lowest BCUT2D eigenvalue weighted by atomic mass is 10.2. The summed E-state index contributed by atoms with van der Waals surface area (Å²) in [5.74, 6) is -2.15. The van der Waals surface area contributed by atoms with Gasteiger partial charge in [0.05, 0.1) is 23.5 Å². The van der Waals surface area contributed by atoms with Crippen molar-refractivity contribution in [2.24, 2.45) is 0 Å². The second-order valence-corrected chi connectivity index (χ2v) is 13.5. The quantitative estimate of drug-likeness (QED) is 0.142. The summed E-state index contributed by atoms with van der Waals surface area (Å²) in [6.45, 7) is 1.80. The molecule has 2 N–H and O–H groups in total. The van der Waals surface area contributed by atoms with Crippen LogP contribution in [0.3, 0.4) is 0 Å². The number of benzene rings is 4. The second kappa shape index (κ2) is 16.0. The molecule has 51 heavy (non-hydrogen) atoms. The molecule has 0 amide bonds. The fourth-order valence-electron chi connectivity index (χ4n) is 4.38. The number of hydrogen-bond donors (Lipinski definition) is 2. The third-order valence-corrected chi connectivity index (χ3v) is 9.42. The van der Waals surface area contributed by atoms with Crippen LogP contribution >= 0.6 is 0 Å². The summed E-state index contributed by atoms with van der Waals surface area (Å²) in [7, 11) is -6.60. The van der Waals surface area contributed by atoms with Crippen molar-refractivity contribution in [2.75, 3.05) is 23.2 Å². The Balaban J connectivity index is 0.000000198. The maximum absolute atomic E-state index is 12.6. The van der Waals surface area contributed by atoms with Crippen LogP contribution < -0.4 is 9.44 Å². The van der Waals surface area contributed by atoms with Crippen molar-refractivity contribution in [2.45, 2.75) is 16.7 Å². The number of aromatic nitrogens is 2. The number of rotatable bonds is 11. The Hall–Kier alpha value is -6.26. The van der Waals surface area contributed by atoms with Crippen molar-refractivity contribution in [3.05, 3.63) is 133 Å². The van der Waals surface area contributed by atoms with Gasteiger partial charge in [-0.1, -0.05) is 97.1 Å². The number of ether oxygens (including phenoxy) is 2. The first-order valence-electron chi connectivity index (χ1n) is 15.1. The molecule has 6 rings (SSSR count). The van der Waals surface area contributed by atoms with E-state index in [2.05, 4.69) is 24.1 Å². The van der Waals surface area contributed by atoms with Crippen LogP contribution in [0.2, 0.25) is 0 Å². The van der Waals surface area contributed by atoms with Crippen LogP contribution in [0, 0.1) is 0 Å². The van der Waals surface area contributed by atoms with E-state index in [1.807, 2.05) is 0 Å². The highest BCUT2D eigenvalue weighted by atomic mass is 32.2. The second-order valence-electron chi connectivity index (χ2n) is 10.2. The summed E-state index contributed by atoms with van der Waals surface area (Å²) in [6.07, 6.45) is 0. The molecule has 14 nitrogen and oxygen atoms in total. The van der Waals surface area contributed by atoms with Crippen molar-refractivity contribution < 1.29 is 44.7 Å². The summed E-state index contributed by atoms with van der Waals surface area (Å²) in [5.41, 5.74) is 1.14. The fraction of sp³-hybridized carbons (Fsp3) is 0.0857. The monoisotopic (exact) mass is 730 g/mol. The van der Waals surface area contributed by atoms with Gasteiger partial charge in [-0.25, -0.2) is 26.4 Å². The molecule has 0 fully saturated rings. The van der Waals surface area contributed by atoms with Crippen LogP contribution in [0.25, 0.3) is 22.6 Å². The lowest BCUT2D eigenvalue weighted by molar-refractivity contribution is 0.0481. The van der Waals surface area contributed by atoms with Crippen molar-refractivity contribution in [3.8, 4) is 22.6 Å². The van der Waals surface area contributed by atoms with Gasteiger partial charge in [-0.05, 0) is 31.2 Å². The molecule has 262 valence electrons. The molecular weight excluding hydrogens is 701 g/mol. The number of sulfonamides is 2. The Morgan fingerprint density at radius 3 is 1.29 bits per heavy atom. The molecule has 2 aromatic heterocycles. The van der Waals surface area contributed by atoms with Gasteiger partial charge >= 0.3 is 23.7 Å². The van der Waals surface area contributed by atoms with E-state index < -0.39 is 32.0 Å². The van der Waals surface area contributed by atoms with Gasteiger partial charge in [0.15, 0.2) is 23.2 Å². The number of esters is 2. The summed E-state index contributed by atoms with van der Waals surface area (Å²) in [5, 5.41) is 0. The maximum atomic E-state index is 12.6. The van der Waals surface area contributed by atoms with E-state index in [9.17, 15) is 26.4 Å². The molecule has 2 heterocycles. The Bertz CT molecular complexity index is 2310. The highest BCUT2D eigenvalue weighted by Crippen LogP contribution is 2.32. The van der Waals surface area contributed by atoms with E-state index in [0.717, 1.165) is 0 Å². The highest BCUT2D eigenvalue weighted by molar-refractivity contribution is 7.93. The Morgan fingerprint density at radius 2 is 0.941 bits per heavy atom. The minimum absolute atomic E-state index is 0.0663. The normalized spacial score (nSPS) is 11.1. The lowest BCUT2D eigenvalue weighted by Crippen LogP contribution is -2.14. The molecule has 0 atom stereocenters. The average Bonchev–Trinajstić information content (AvgIpc) is 3.77. The number of methoxy groups -OCH3 is 1. The van der Waals surface area contributed by atoms with E-state index in [1.54, 1.807) is 104 Å². The third-order valence-electron chi connectivity index (χ3n) is 6.71. The molecule has 0 radical (unpaired) electrons. The molecular formula is C35H30N4O10S2. The van der Waals surface area contributed by atoms with Crippen LogP contribution in [0.15, 0.2) is 140 Å². The van der Waals surface area contributed by atoms with Crippen LogP contribution in [-0.2, 0) is 29.5 Å². The molecule has 0 aliphatic heterocycles. The Labute approximate surface area is 293 Å². The Kier molecular flexibility index (Phi) is 11.3. The predicted molar refractivity (Wildman–Crippen MR) is 186 cm³/mol. The van der Waals surface area contributed by atoms with E-state index in [4.69, 9.17) is 13.6 Å². The topological polar surface area (TPSA) is 197 Å². The molecule has 16 heteroatoms. The van der Waals surface area contributed by atoms with Crippen molar-refractivity contribution in [1.82, 2.24) is 9.97 Å². The molecule has 0 saturated heterocycles. The van der Waals surface area contributed by atoms with E-state index in [1.165, 1.54) is 31.4 Å². The van der Waals surface area contributed by atoms with Gasteiger partial charge in [0.1, 0.15) is 0 Å². The molecule has 0 saturated carbocycles. The molecule has 6 aromatic rings. The average molecular weight is 731 g/mol. The fourth-order valence-corrected chi connectivity index (χ4v) is 6.43. The summed E-state index contributed by atoms with van der Waals surface area (Å²) < 4.78 is 75.3. The Morgan fingerprint density at radius 1 is 0.588 bits per heavy atom. The predicted octanol–water partition coefficient (Wildman–Crippen LogP) is 6.25. The van der Waals surface area contributed by atoms with Gasteiger partial charge < -0.3 is 18.3 Å². The van der Waals surface area contributed by atoms with Gasteiger partial charge in [0.2, 0.25) is 0 Å². The molecule has 4 aromatic carbocycles. The van der Waals surface area contributed by atoms with Crippen molar-refractivity contribution >= 4 is 43.6 Å². The number of oxazole rings is 2.